The monoisotopic (exact) mass is 1270 g/mol. The number of phenolic OH excluding ortho intramolecular Hbond substituents is 1. The number of rotatable bonds is 39. The average molecular weight is 1270 g/mol. The first kappa shape index (κ1) is 77.9. The molecule has 494 valence electrons. The van der Waals surface area contributed by atoms with Crippen molar-refractivity contribution in [3.8, 4) is 5.75 Å². The van der Waals surface area contributed by atoms with E-state index in [1.807, 2.05) is 0 Å². The summed E-state index contributed by atoms with van der Waals surface area (Å²) in [6.07, 6.45) is -3.46. The van der Waals surface area contributed by atoms with Crippen molar-refractivity contribution in [2.75, 3.05) is 12.3 Å². The topological polar surface area (TPSA) is 504 Å². The Morgan fingerprint density at radius 3 is 1.47 bits per heavy atom. The van der Waals surface area contributed by atoms with Crippen LogP contribution in [0.3, 0.4) is 0 Å². The average Bonchev–Trinajstić information content (AvgIpc) is 3.61. The Kier molecular flexibility index (Phi) is 33.8. The van der Waals surface area contributed by atoms with Crippen molar-refractivity contribution in [1.29, 1.82) is 0 Å². The zero-order chi connectivity index (χ0) is 67.4. The van der Waals surface area contributed by atoms with Crippen LogP contribution in [0.2, 0.25) is 0 Å². The number of aliphatic hydroxyl groups is 1. The van der Waals surface area contributed by atoms with Gasteiger partial charge < -0.3 is 90.4 Å². The van der Waals surface area contributed by atoms with Gasteiger partial charge in [0, 0.05) is 18.6 Å². The largest absolute Gasteiger partial charge is 0.508 e. The lowest BCUT2D eigenvalue weighted by molar-refractivity contribution is -0.142. The molecule has 1 aromatic carbocycles. The minimum Gasteiger partial charge on any atom is -0.508 e. The van der Waals surface area contributed by atoms with Gasteiger partial charge in [-0.15, -0.1) is 0 Å². The van der Waals surface area contributed by atoms with Crippen molar-refractivity contribution >= 4 is 95.5 Å². The first-order valence-electron chi connectivity index (χ1n) is 28.8. The Balaban J connectivity index is 3.49. The maximum atomic E-state index is 14.5. The predicted octanol–water partition coefficient (Wildman–Crippen LogP) is -3.80. The van der Waals surface area contributed by atoms with Crippen LogP contribution in [0.4, 0.5) is 0 Å². The predicted molar refractivity (Wildman–Crippen MR) is 321 cm³/mol. The van der Waals surface area contributed by atoms with Crippen LogP contribution in [0.15, 0.2) is 24.3 Å². The van der Waals surface area contributed by atoms with Crippen LogP contribution >= 0.6 is 12.6 Å². The van der Waals surface area contributed by atoms with E-state index in [0.29, 0.717) is 5.56 Å². The smallest absolute Gasteiger partial charge is 0.325 e. The molecule has 12 amide bonds. The maximum absolute atomic E-state index is 14.5. The number of nitrogens with one attached hydrogen (secondary N) is 11. The zero-order valence-corrected chi connectivity index (χ0v) is 52.4. The Labute approximate surface area is 516 Å². The van der Waals surface area contributed by atoms with Crippen LogP contribution in [-0.2, 0) is 73.5 Å². The number of aliphatic carboxylic acids is 2. The molecule has 0 unspecified atom stereocenters. The van der Waals surface area contributed by atoms with E-state index >= 15 is 0 Å². The molecule has 0 fully saturated rings. The molecule has 0 bridgehead atoms. The SMILES string of the molecule is CC[C@H](C)[C@H](NC(=O)[C@H](CCC(=O)O)NC(=O)[C@H](C)NC(=O)[C@@H](NC(=O)[C@@H](NC(=O)[C@@H](N)CS)[C@@H](C)O)C(C)C)C(=O)N[C@@H](Cc1ccc(O)cc1)C(=O)N[C@@H](CC(C)C)C(=O)NCC(=O)N[C@@H](CC(N)=O)C(=O)N[C@@H](CC(C)C)C(=O)N[C@@H](C)C(=O)O. The van der Waals surface area contributed by atoms with E-state index in [4.69, 9.17) is 11.5 Å². The number of carbonyl (C=O) groups is 14. The number of carboxylic acids is 2. The van der Waals surface area contributed by atoms with Crippen molar-refractivity contribution in [3.63, 3.8) is 0 Å². The minimum absolute atomic E-state index is 0.0269. The van der Waals surface area contributed by atoms with Gasteiger partial charge in [-0.3, -0.25) is 67.1 Å². The second-order valence-electron chi connectivity index (χ2n) is 22.7. The van der Waals surface area contributed by atoms with Gasteiger partial charge in [0.15, 0.2) is 0 Å². The van der Waals surface area contributed by atoms with Crippen LogP contribution in [0.5, 0.6) is 5.75 Å². The highest BCUT2D eigenvalue weighted by Gasteiger charge is 2.37. The minimum atomic E-state index is -1.67. The van der Waals surface area contributed by atoms with E-state index in [0.717, 1.165) is 0 Å². The first-order valence-corrected chi connectivity index (χ1v) is 29.4. The molecule has 0 aliphatic rings. The van der Waals surface area contributed by atoms with Gasteiger partial charge in [-0.05, 0) is 81.4 Å². The third-order valence-corrected chi connectivity index (χ3v) is 14.0. The second kappa shape index (κ2) is 38.2. The van der Waals surface area contributed by atoms with Crippen LogP contribution in [0, 0.1) is 23.7 Å². The van der Waals surface area contributed by atoms with E-state index in [-0.39, 0.29) is 49.0 Å². The third-order valence-electron chi connectivity index (χ3n) is 13.6. The summed E-state index contributed by atoms with van der Waals surface area (Å²) in [5.74, 6) is -16.2. The lowest BCUT2D eigenvalue weighted by Crippen LogP contribution is -2.62. The molecule has 0 aliphatic carbocycles. The van der Waals surface area contributed by atoms with Crippen LogP contribution < -0.4 is 70.0 Å². The van der Waals surface area contributed by atoms with Crippen molar-refractivity contribution < 1.29 is 87.5 Å². The molecule has 19 N–H and O–H groups in total. The quantitative estimate of drug-likeness (QED) is 0.0281. The molecule has 88 heavy (non-hydrogen) atoms. The Morgan fingerprint density at radius 2 is 0.977 bits per heavy atom. The fraction of sp³-hybridized carbons (Fsp3) is 0.643. The summed E-state index contributed by atoms with van der Waals surface area (Å²) < 4.78 is 0. The standard InChI is InChI=1S/C56H91N13O18S/c1-12-28(8)44(68-49(79)35(17-18-42(74)75)63-46(76)29(9)60-53(83)43(27(6)7)67-55(85)45(31(11)70)69-47(77)34(57)24-88)54(84)66-38(21-32-13-15-33(71)16-14-32)51(81)64-36(19-25(2)3)48(78)59-23-41(73)62-39(22-40(58)72)52(82)65-37(20-26(4)5)50(80)61-30(10)56(86)87/h13-16,25-31,34-39,43-45,70-71,88H,12,17-24,57H2,1-11H3,(H2,58,72)(H,59,78)(H,60,83)(H,61,80)(H,62,73)(H,63,76)(H,64,81)(H,65,82)(H,66,84)(H,67,85)(H,68,79)(H,69,77)(H,74,75)(H,86,87)/t28-,29-,30-,31+,34-,35-,36-,37-,38-,39-,43-,44-,45-/m0/s1. The van der Waals surface area contributed by atoms with Crippen LogP contribution in [0.1, 0.15) is 120 Å². The van der Waals surface area contributed by atoms with Gasteiger partial charge >= 0.3 is 11.9 Å². The van der Waals surface area contributed by atoms with Crippen molar-refractivity contribution in [2.45, 2.75) is 194 Å². The number of carbonyl (C=O) groups excluding carboxylic acids is 12. The van der Waals surface area contributed by atoms with Gasteiger partial charge in [0.2, 0.25) is 70.9 Å². The molecule has 13 atom stereocenters. The summed E-state index contributed by atoms with van der Waals surface area (Å²) in [5.41, 5.74) is 11.5. The number of benzene rings is 1. The van der Waals surface area contributed by atoms with Gasteiger partial charge in [-0.1, -0.05) is 73.9 Å². The number of amides is 12. The number of hydrogen-bond acceptors (Lipinski definition) is 18. The summed E-state index contributed by atoms with van der Waals surface area (Å²) in [4.78, 5) is 185. The Hall–Kier alpha value is -8.13. The summed E-state index contributed by atoms with van der Waals surface area (Å²) in [5, 5.41) is 65.9. The highest BCUT2D eigenvalue weighted by Crippen LogP contribution is 2.16. The molecule has 31 nitrogen and oxygen atoms in total. The van der Waals surface area contributed by atoms with Crippen LogP contribution in [-0.4, -0.2) is 188 Å². The fourth-order valence-corrected chi connectivity index (χ4v) is 8.46. The summed E-state index contributed by atoms with van der Waals surface area (Å²) >= 11 is 3.96. The van der Waals surface area contributed by atoms with Gasteiger partial charge in [-0.25, -0.2) is 0 Å². The lowest BCUT2D eigenvalue weighted by Gasteiger charge is -2.30. The first-order chi connectivity index (χ1) is 40.9. The van der Waals surface area contributed by atoms with E-state index in [2.05, 4.69) is 71.1 Å². The Bertz CT molecular complexity index is 2610. The van der Waals surface area contributed by atoms with E-state index in [9.17, 15) is 87.5 Å². The van der Waals surface area contributed by atoms with Crippen LogP contribution in [0.25, 0.3) is 0 Å². The number of aliphatic hydroxyl groups excluding tert-OH is 1. The highest BCUT2D eigenvalue weighted by molar-refractivity contribution is 7.80. The van der Waals surface area contributed by atoms with E-state index in [1.165, 1.54) is 45.0 Å². The van der Waals surface area contributed by atoms with Crippen molar-refractivity contribution in [3.05, 3.63) is 29.8 Å². The molecule has 0 aromatic heterocycles. The van der Waals surface area contributed by atoms with Gasteiger partial charge in [-0.2, -0.15) is 12.6 Å². The van der Waals surface area contributed by atoms with Gasteiger partial charge in [0.1, 0.15) is 66.2 Å². The van der Waals surface area contributed by atoms with Crippen molar-refractivity contribution in [2.24, 2.45) is 35.1 Å². The van der Waals surface area contributed by atoms with Crippen molar-refractivity contribution in [1.82, 2.24) is 58.5 Å². The number of carboxylic acid groups (broad SMARTS) is 2. The van der Waals surface area contributed by atoms with E-state index in [1.54, 1.807) is 55.4 Å². The lowest BCUT2D eigenvalue weighted by atomic mass is 9.96. The number of phenols is 1. The molecule has 0 spiro atoms. The van der Waals surface area contributed by atoms with Gasteiger partial charge in [0.25, 0.3) is 0 Å². The van der Waals surface area contributed by atoms with E-state index < -0.39 is 193 Å². The molecule has 0 heterocycles. The summed E-state index contributed by atoms with van der Waals surface area (Å²) in [6.45, 7) is 16.1. The fourth-order valence-electron chi connectivity index (χ4n) is 8.30. The molecule has 0 radical (unpaired) electrons. The number of aromatic hydroxyl groups is 1. The molecule has 1 rings (SSSR count). The Morgan fingerprint density at radius 1 is 0.523 bits per heavy atom. The molecular weight excluding hydrogens is 1170 g/mol. The second-order valence-corrected chi connectivity index (χ2v) is 23.1. The highest BCUT2D eigenvalue weighted by atomic mass is 32.1. The third kappa shape index (κ3) is 28.1. The molecule has 0 aliphatic heterocycles. The number of hydrogen-bond donors (Lipinski definition) is 18. The summed E-state index contributed by atoms with van der Waals surface area (Å²) in [7, 11) is 0. The number of thiol groups is 1. The normalized spacial score (nSPS) is 15.6. The maximum Gasteiger partial charge on any atom is 0.325 e. The molecule has 0 saturated carbocycles. The molecular formula is C56H91N13O18S. The molecule has 1 aromatic rings. The molecule has 0 saturated heterocycles. The van der Waals surface area contributed by atoms with Gasteiger partial charge in [0.05, 0.1) is 25.1 Å². The number of primary amides is 1. The number of nitrogens with two attached hydrogens (primary N) is 2. The zero-order valence-electron chi connectivity index (χ0n) is 51.5. The molecule has 32 heteroatoms. The summed E-state index contributed by atoms with van der Waals surface area (Å²) in [6, 6.07) is -10.3.